The topological polar surface area (TPSA) is 106 Å². The van der Waals surface area contributed by atoms with Crippen LogP contribution in [0.25, 0.3) is 11.3 Å². The largest absolute Gasteiger partial charge is 0.497 e. The standard InChI is InChI=1S/C30H30F3N5O4/c1-29(2)40-18-24(42-29)15-36-27(34)25-13-10-22(14-35-25)38(17-19-4-11-23(39-3)12-5-19)28-37-16-26(41-28)20-6-8-21(9-7-20)30(31,32)33/h4-14,16,24H,15,17-18H2,1-3H3,(H2,34,36). The second-order valence-electron chi connectivity index (χ2n) is 10.1. The van der Waals surface area contributed by atoms with Gasteiger partial charge in [-0.05, 0) is 55.8 Å². The van der Waals surface area contributed by atoms with Crippen molar-refractivity contribution in [3.05, 3.63) is 89.9 Å². The van der Waals surface area contributed by atoms with E-state index in [9.17, 15) is 13.2 Å². The molecule has 9 nitrogen and oxygen atoms in total. The number of pyridine rings is 1. The molecule has 5 rings (SSSR count). The molecule has 1 unspecified atom stereocenters. The van der Waals surface area contributed by atoms with Crippen LogP contribution in [0.5, 0.6) is 5.75 Å². The lowest BCUT2D eigenvalue weighted by atomic mass is 10.1. The van der Waals surface area contributed by atoms with Gasteiger partial charge in [0.2, 0.25) is 0 Å². The van der Waals surface area contributed by atoms with Gasteiger partial charge in [0.05, 0.1) is 43.9 Å². The summed E-state index contributed by atoms with van der Waals surface area (Å²) in [4.78, 5) is 10.7. The lowest BCUT2D eigenvalue weighted by Crippen LogP contribution is -2.34. The predicted molar refractivity (Wildman–Crippen MR) is 150 cm³/mol. The fourth-order valence-electron chi connectivity index (χ4n) is 4.39. The molecule has 2 aromatic heterocycles. The van der Waals surface area contributed by atoms with Crippen LogP contribution in [0.2, 0.25) is 0 Å². The fraction of sp³-hybridized carbons (Fsp3) is 0.300. The third kappa shape index (κ3) is 6.89. The van der Waals surface area contributed by atoms with Gasteiger partial charge in [0.15, 0.2) is 11.5 Å². The van der Waals surface area contributed by atoms with Crippen molar-refractivity contribution in [2.24, 2.45) is 0 Å². The van der Waals surface area contributed by atoms with Crippen LogP contribution in [-0.4, -0.2) is 48.0 Å². The van der Waals surface area contributed by atoms with E-state index in [-0.39, 0.29) is 18.0 Å². The van der Waals surface area contributed by atoms with Crippen molar-refractivity contribution in [1.29, 1.82) is 5.41 Å². The minimum absolute atomic E-state index is 0.136. The molecule has 2 aromatic carbocycles. The Kier molecular flexibility index (Phi) is 8.19. The highest BCUT2D eigenvalue weighted by Crippen LogP contribution is 2.34. The first kappa shape index (κ1) is 29.1. The predicted octanol–water partition coefficient (Wildman–Crippen LogP) is 6.17. The molecule has 12 heteroatoms. The van der Waals surface area contributed by atoms with E-state index in [1.807, 2.05) is 38.1 Å². The minimum atomic E-state index is -4.43. The summed E-state index contributed by atoms with van der Waals surface area (Å²) in [6.07, 6.45) is -1.53. The number of ether oxygens (including phenoxy) is 3. The Balaban J connectivity index is 1.36. The first-order valence-electron chi connectivity index (χ1n) is 13.2. The van der Waals surface area contributed by atoms with E-state index in [4.69, 9.17) is 24.0 Å². The van der Waals surface area contributed by atoms with Crippen molar-refractivity contribution in [3.63, 3.8) is 0 Å². The Morgan fingerprint density at radius 2 is 1.79 bits per heavy atom. The summed E-state index contributed by atoms with van der Waals surface area (Å²) in [7, 11) is 1.59. The number of nitrogens with one attached hydrogen (secondary N) is 2. The number of methoxy groups -OCH3 is 1. The van der Waals surface area contributed by atoms with Crippen molar-refractivity contribution in [3.8, 4) is 17.1 Å². The lowest BCUT2D eigenvalue weighted by molar-refractivity contribution is -0.138. The van der Waals surface area contributed by atoms with Crippen LogP contribution < -0.4 is 15.0 Å². The number of oxazole rings is 1. The van der Waals surface area contributed by atoms with Gasteiger partial charge in [0.25, 0.3) is 0 Å². The van der Waals surface area contributed by atoms with E-state index in [0.717, 1.165) is 17.7 Å². The molecule has 42 heavy (non-hydrogen) atoms. The summed E-state index contributed by atoms with van der Waals surface area (Å²) in [6.45, 7) is 4.87. The zero-order chi connectivity index (χ0) is 29.9. The molecular formula is C30H30F3N5O4. The maximum absolute atomic E-state index is 13.0. The van der Waals surface area contributed by atoms with Gasteiger partial charge in [-0.25, -0.2) is 4.98 Å². The zero-order valence-electron chi connectivity index (χ0n) is 23.2. The van der Waals surface area contributed by atoms with E-state index >= 15 is 0 Å². The summed E-state index contributed by atoms with van der Waals surface area (Å²) in [5.74, 6) is 0.516. The lowest BCUT2D eigenvalue weighted by Gasteiger charge is -2.21. The maximum Gasteiger partial charge on any atom is 0.416 e. The number of nitrogens with zero attached hydrogens (tertiary/aromatic N) is 3. The first-order valence-corrected chi connectivity index (χ1v) is 13.2. The number of anilines is 2. The minimum Gasteiger partial charge on any atom is -0.497 e. The third-order valence-electron chi connectivity index (χ3n) is 6.61. The number of alkyl halides is 3. The smallest absolute Gasteiger partial charge is 0.416 e. The quantitative estimate of drug-likeness (QED) is 0.179. The molecule has 220 valence electrons. The number of rotatable bonds is 9. The molecule has 1 aliphatic rings. The van der Waals surface area contributed by atoms with Crippen molar-refractivity contribution in [2.75, 3.05) is 25.2 Å². The van der Waals surface area contributed by atoms with Crippen molar-refractivity contribution < 1.29 is 31.8 Å². The summed E-state index contributed by atoms with van der Waals surface area (Å²) in [6, 6.07) is 15.9. The monoisotopic (exact) mass is 581 g/mol. The summed E-state index contributed by atoms with van der Waals surface area (Å²) in [5, 5.41) is 11.4. The van der Waals surface area contributed by atoms with Gasteiger partial charge in [0, 0.05) is 12.1 Å². The van der Waals surface area contributed by atoms with Crippen LogP contribution in [0.15, 0.2) is 77.5 Å². The second-order valence-corrected chi connectivity index (χ2v) is 10.1. The molecule has 2 N–H and O–H groups in total. The molecule has 3 heterocycles. The Morgan fingerprint density at radius 1 is 1.05 bits per heavy atom. The van der Waals surface area contributed by atoms with Gasteiger partial charge in [-0.1, -0.05) is 24.3 Å². The molecule has 0 spiro atoms. The molecule has 0 bridgehead atoms. The highest BCUT2D eigenvalue weighted by Gasteiger charge is 2.32. The van der Waals surface area contributed by atoms with Crippen LogP contribution in [-0.2, 0) is 22.2 Å². The Bertz CT molecular complexity index is 1500. The molecule has 1 saturated heterocycles. The third-order valence-corrected chi connectivity index (χ3v) is 6.61. The molecule has 1 fully saturated rings. The number of hydrogen-bond donors (Lipinski definition) is 2. The number of amidine groups is 1. The van der Waals surface area contributed by atoms with Crippen molar-refractivity contribution in [2.45, 2.75) is 38.5 Å². The van der Waals surface area contributed by atoms with E-state index in [1.165, 1.54) is 18.3 Å². The van der Waals surface area contributed by atoms with Gasteiger partial charge >= 0.3 is 12.2 Å². The first-order chi connectivity index (χ1) is 20.0. The van der Waals surface area contributed by atoms with Gasteiger partial charge in [0.1, 0.15) is 23.4 Å². The van der Waals surface area contributed by atoms with Crippen molar-refractivity contribution in [1.82, 2.24) is 15.3 Å². The number of hydrogen-bond acceptors (Lipinski definition) is 8. The van der Waals surface area contributed by atoms with Crippen LogP contribution in [0.4, 0.5) is 24.9 Å². The second kappa shape index (κ2) is 11.8. The molecule has 0 aliphatic carbocycles. The molecule has 1 aliphatic heterocycles. The maximum atomic E-state index is 13.0. The Morgan fingerprint density at radius 3 is 2.38 bits per heavy atom. The van der Waals surface area contributed by atoms with Gasteiger partial charge in [-0.15, -0.1) is 0 Å². The van der Waals surface area contributed by atoms with E-state index < -0.39 is 17.5 Å². The highest BCUT2D eigenvalue weighted by atomic mass is 19.4. The number of aromatic nitrogens is 2. The van der Waals surface area contributed by atoms with Gasteiger partial charge in [-0.3, -0.25) is 15.3 Å². The van der Waals surface area contributed by atoms with Crippen molar-refractivity contribution >= 4 is 17.5 Å². The molecule has 4 aromatic rings. The molecule has 0 radical (unpaired) electrons. The highest BCUT2D eigenvalue weighted by molar-refractivity contribution is 5.94. The molecule has 0 amide bonds. The summed E-state index contributed by atoms with van der Waals surface area (Å²) < 4.78 is 61.6. The zero-order valence-corrected chi connectivity index (χ0v) is 23.2. The Labute approximate surface area is 240 Å². The van der Waals surface area contributed by atoms with Crippen LogP contribution in [0.3, 0.4) is 0 Å². The Hall–Kier alpha value is -4.42. The van der Waals surface area contributed by atoms with E-state index in [1.54, 1.807) is 30.3 Å². The summed E-state index contributed by atoms with van der Waals surface area (Å²) >= 11 is 0. The van der Waals surface area contributed by atoms with E-state index in [2.05, 4.69) is 15.3 Å². The van der Waals surface area contributed by atoms with Crippen LogP contribution >= 0.6 is 0 Å². The summed E-state index contributed by atoms with van der Waals surface area (Å²) in [5.41, 5.74) is 1.70. The normalized spacial score (nSPS) is 16.3. The SMILES string of the molecule is COc1ccc(CN(c2ccc(C(=N)NCC3COC(C)(C)O3)nc2)c2ncc(-c3ccc(C(F)(F)F)cc3)o2)cc1. The van der Waals surface area contributed by atoms with Crippen LogP contribution in [0.1, 0.15) is 30.7 Å². The van der Waals surface area contributed by atoms with E-state index in [0.29, 0.717) is 48.2 Å². The average Bonchev–Trinajstić information content (AvgIpc) is 3.61. The van der Waals surface area contributed by atoms with Crippen LogP contribution in [0, 0.1) is 5.41 Å². The van der Waals surface area contributed by atoms with Gasteiger partial charge < -0.3 is 23.9 Å². The molecular weight excluding hydrogens is 551 g/mol. The fourth-order valence-corrected chi connectivity index (χ4v) is 4.39. The number of halogens is 3. The molecule has 1 atom stereocenters. The van der Waals surface area contributed by atoms with Gasteiger partial charge in [-0.2, -0.15) is 13.2 Å². The average molecular weight is 582 g/mol. The molecule has 0 saturated carbocycles. The number of benzene rings is 2.